The summed E-state index contributed by atoms with van der Waals surface area (Å²) in [6, 6.07) is 8.37. The highest BCUT2D eigenvalue weighted by Gasteiger charge is 2.36. The van der Waals surface area contributed by atoms with E-state index in [2.05, 4.69) is 34.4 Å². The van der Waals surface area contributed by atoms with E-state index in [4.69, 9.17) is 14.7 Å². The summed E-state index contributed by atoms with van der Waals surface area (Å²) in [5.41, 5.74) is 4.23. The second-order valence-electron chi connectivity index (χ2n) is 11.0. The lowest BCUT2D eigenvalue weighted by Crippen LogP contribution is -2.55. The Bertz CT molecular complexity index is 1450. The molecule has 6 rings (SSSR count). The molecule has 0 bridgehead atoms. The van der Waals surface area contributed by atoms with Crippen LogP contribution in [0.4, 0.5) is 5.82 Å². The lowest BCUT2D eigenvalue weighted by molar-refractivity contribution is -0.128. The third-order valence-corrected chi connectivity index (χ3v) is 8.57. The number of piperazine rings is 1. The molecular formula is C30H34N8O3. The Hall–Kier alpha value is -4.30. The molecule has 4 aliphatic rings. The number of hydrogen-bond acceptors (Lipinski definition) is 9. The molecular weight excluding hydrogens is 520 g/mol. The summed E-state index contributed by atoms with van der Waals surface area (Å²) < 4.78 is 6.14. The van der Waals surface area contributed by atoms with Crippen molar-refractivity contribution in [2.75, 3.05) is 37.8 Å². The van der Waals surface area contributed by atoms with Gasteiger partial charge in [0.15, 0.2) is 0 Å². The monoisotopic (exact) mass is 554 g/mol. The quantitative estimate of drug-likeness (QED) is 0.479. The number of carbonyl (C=O) groups excluding carboxylic acids is 2. The molecule has 2 saturated heterocycles. The molecule has 0 aliphatic carbocycles. The summed E-state index contributed by atoms with van der Waals surface area (Å²) in [4.78, 5) is 48.1. The van der Waals surface area contributed by atoms with Crippen molar-refractivity contribution >= 4 is 23.8 Å². The van der Waals surface area contributed by atoms with Crippen LogP contribution in [-0.2, 0) is 24.4 Å². The van der Waals surface area contributed by atoms with Crippen LogP contribution < -0.4 is 9.64 Å². The van der Waals surface area contributed by atoms with Crippen LogP contribution >= 0.6 is 0 Å². The van der Waals surface area contributed by atoms with Crippen molar-refractivity contribution in [3.8, 4) is 12.1 Å². The number of hydrogen-bond donors (Lipinski definition) is 0. The maximum atomic E-state index is 13.8. The van der Waals surface area contributed by atoms with Crippen molar-refractivity contribution in [1.29, 1.82) is 5.26 Å². The smallest absolute Gasteiger partial charge is 0.320 e. The summed E-state index contributed by atoms with van der Waals surface area (Å²) >= 11 is 0. The number of anilines is 1. The van der Waals surface area contributed by atoms with Gasteiger partial charge in [-0.05, 0) is 43.0 Å². The number of amides is 2. The molecule has 2 aromatic rings. The van der Waals surface area contributed by atoms with Gasteiger partial charge in [-0.2, -0.15) is 15.2 Å². The summed E-state index contributed by atoms with van der Waals surface area (Å²) in [7, 11) is 0. The van der Waals surface area contributed by atoms with Gasteiger partial charge in [-0.3, -0.25) is 19.5 Å². The maximum absolute atomic E-state index is 13.8. The Labute approximate surface area is 239 Å². The minimum absolute atomic E-state index is 0.0617. The average Bonchev–Trinajstić information content (AvgIpc) is 3.74. The first kappa shape index (κ1) is 26.9. The fourth-order valence-corrected chi connectivity index (χ4v) is 6.25. The SMILES string of the molecule is C=CC(=O)N1CCN(c2nc(OCN3CCCC3C)nc3c2CN(C(=O)c2cccc4c2CN=C4)C3)C[C@@H]1CC#N. The highest BCUT2D eigenvalue weighted by molar-refractivity contribution is 5.99. The van der Waals surface area contributed by atoms with Crippen molar-refractivity contribution in [2.45, 2.75) is 57.9 Å². The third kappa shape index (κ3) is 5.15. The Kier molecular flexibility index (Phi) is 7.41. The van der Waals surface area contributed by atoms with Crippen LogP contribution in [0.3, 0.4) is 0 Å². The van der Waals surface area contributed by atoms with Crippen molar-refractivity contribution in [1.82, 2.24) is 24.7 Å². The fourth-order valence-electron chi connectivity index (χ4n) is 6.25. The standard InChI is InChI=1S/C30H34N8O3/c1-3-27(39)38-13-12-35(16-22(38)9-10-31)28-25-17-37(29(40)23-8-4-7-21-14-32-15-24(21)23)18-26(25)33-30(34-28)41-19-36-11-5-6-20(36)2/h3-4,7-8,14,20,22H,1,5-6,9,11-13,15-19H2,2H3/t20?,22-/m0/s1. The lowest BCUT2D eigenvalue weighted by atomic mass is 10.0. The number of rotatable bonds is 7. The zero-order chi connectivity index (χ0) is 28.5. The molecule has 212 valence electrons. The molecule has 0 radical (unpaired) electrons. The molecule has 1 aromatic carbocycles. The number of nitriles is 1. The van der Waals surface area contributed by atoms with Gasteiger partial charge in [-0.15, -0.1) is 0 Å². The van der Waals surface area contributed by atoms with E-state index in [-0.39, 0.29) is 30.3 Å². The van der Waals surface area contributed by atoms with Crippen LogP contribution in [0.15, 0.2) is 35.8 Å². The van der Waals surface area contributed by atoms with E-state index in [0.717, 1.165) is 41.8 Å². The number of ether oxygens (including phenoxy) is 1. The normalized spacial score (nSPS) is 21.5. The Morgan fingerprint density at radius 3 is 2.85 bits per heavy atom. The van der Waals surface area contributed by atoms with Gasteiger partial charge in [0.05, 0.1) is 43.9 Å². The Morgan fingerprint density at radius 1 is 1.20 bits per heavy atom. The Morgan fingerprint density at radius 2 is 2.07 bits per heavy atom. The largest absolute Gasteiger partial charge is 0.447 e. The topological polar surface area (TPSA) is 118 Å². The van der Waals surface area contributed by atoms with Crippen LogP contribution in [0.1, 0.15) is 58.9 Å². The molecule has 0 saturated carbocycles. The molecule has 1 unspecified atom stereocenters. The summed E-state index contributed by atoms with van der Waals surface area (Å²) in [5.74, 6) is 0.455. The average molecular weight is 555 g/mol. The van der Waals surface area contributed by atoms with Gasteiger partial charge >= 0.3 is 6.01 Å². The predicted octanol–water partition coefficient (Wildman–Crippen LogP) is 2.50. The Balaban J connectivity index is 1.29. The van der Waals surface area contributed by atoms with Gasteiger partial charge in [0.1, 0.15) is 12.5 Å². The van der Waals surface area contributed by atoms with Gasteiger partial charge in [0, 0.05) is 49.6 Å². The van der Waals surface area contributed by atoms with Crippen molar-refractivity contribution < 1.29 is 14.3 Å². The van der Waals surface area contributed by atoms with E-state index >= 15 is 0 Å². The zero-order valence-electron chi connectivity index (χ0n) is 23.3. The highest BCUT2D eigenvalue weighted by Crippen LogP contribution is 2.34. The molecule has 5 heterocycles. The molecule has 11 nitrogen and oxygen atoms in total. The number of aliphatic imine (C=N–C) groups is 1. The van der Waals surface area contributed by atoms with Gasteiger partial charge in [-0.1, -0.05) is 18.7 Å². The molecule has 0 spiro atoms. The number of likely N-dealkylation sites (tertiary alicyclic amines) is 1. The molecule has 0 N–H and O–H groups in total. The second-order valence-corrected chi connectivity index (χ2v) is 11.0. The molecule has 2 fully saturated rings. The van der Waals surface area contributed by atoms with Crippen molar-refractivity contribution in [2.24, 2.45) is 4.99 Å². The first-order valence-electron chi connectivity index (χ1n) is 14.2. The van der Waals surface area contributed by atoms with Crippen LogP contribution in [-0.4, -0.2) is 87.7 Å². The van der Waals surface area contributed by atoms with E-state index in [1.807, 2.05) is 24.4 Å². The van der Waals surface area contributed by atoms with Crippen LogP contribution in [0.2, 0.25) is 0 Å². The highest BCUT2D eigenvalue weighted by atomic mass is 16.5. The van der Waals surface area contributed by atoms with Gasteiger partial charge < -0.3 is 19.4 Å². The van der Waals surface area contributed by atoms with Gasteiger partial charge in [-0.25, -0.2) is 0 Å². The first-order valence-corrected chi connectivity index (χ1v) is 14.2. The predicted molar refractivity (Wildman–Crippen MR) is 152 cm³/mol. The molecule has 41 heavy (non-hydrogen) atoms. The third-order valence-electron chi connectivity index (χ3n) is 8.57. The summed E-state index contributed by atoms with van der Waals surface area (Å²) in [6.45, 7) is 9.82. The maximum Gasteiger partial charge on any atom is 0.320 e. The number of nitrogens with zero attached hydrogens (tertiary/aromatic N) is 8. The minimum atomic E-state index is -0.300. The molecule has 2 atom stereocenters. The zero-order valence-corrected chi connectivity index (χ0v) is 23.3. The van der Waals surface area contributed by atoms with E-state index in [1.165, 1.54) is 6.08 Å². The van der Waals surface area contributed by atoms with Gasteiger partial charge in [0.2, 0.25) is 5.91 Å². The van der Waals surface area contributed by atoms with E-state index in [1.54, 1.807) is 9.80 Å². The molecule has 2 amide bonds. The van der Waals surface area contributed by atoms with Crippen LogP contribution in [0.25, 0.3) is 0 Å². The fraction of sp³-hybridized carbons (Fsp3) is 0.467. The molecule has 1 aromatic heterocycles. The van der Waals surface area contributed by atoms with Crippen molar-refractivity contribution in [3.05, 3.63) is 58.8 Å². The van der Waals surface area contributed by atoms with E-state index in [9.17, 15) is 14.9 Å². The van der Waals surface area contributed by atoms with E-state index < -0.39 is 0 Å². The van der Waals surface area contributed by atoms with E-state index in [0.29, 0.717) is 63.4 Å². The number of carbonyl (C=O) groups is 2. The summed E-state index contributed by atoms with van der Waals surface area (Å²) in [5, 5.41) is 9.48. The summed E-state index contributed by atoms with van der Waals surface area (Å²) in [6.07, 6.45) is 5.58. The van der Waals surface area contributed by atoms with Crippen LogP contribution in [0.5, 0.6) is 6.01 Å². The number of fused-ring (bicyclic) bond motifs is 2. The molecule has 11 heteroatoms. The second kappa shape index (κ2) is 11.3. The minimum Gasteiger partial charge on any atom is -0.447 e. The van der Waals surface area contributed by atoms with Crippen LogP contribution in [0, 0.1) is 11.3 Å². The van der Waals surface area contributed by atoms with Crippen molar-refractivity contribution in [3.63, 3.8) is 0 Å². The lowest BCUT2D eigenvalue weighted by Gasteiger charge is -2.41. The number of aromatic nitrogens is 2. The number of benzene rings is 1. The van der Waals surface area contributed by atoms with Gasteiger partial charge in [0.25, 0.3) is 5.91 Å². The first-order chi connectivity index (χ1) is 20.0. The molecule has 4 aliphatic heterocycles.